The zero-order valence-electron chi connectivity index (χ0n) is 9.50. The molecule has 0 bridgehead atoms. The lowest BCUT2D eigenvalue weighted by atomic mass is 10.0. The Morgan fingerprint density at radius 2 is 2.06 bits per heavy atom. The van der Waals surface area contributed by atoms with Crippen LogP contribution < -0.4 is 0 Å². The summed E-state index contributed by atoms with van der Waals surface area (Å²) >= 11 is 5.92. The highest BCUT2D eigenvalue weighted by molar-refractivity contribution is 6.31. The lowest BCUT2D eigenvalue weighted by Crippen LogP contribution is -2.07. The molecule has 0 N–H and O–H groups in total. The summed E-state index contributed by atoms with van der Waals surface area (Å²) in [5, 5.41) is 1.57. The fourth-order valence-corrected chi connectivity index (χ4v) is 1.86. The van der Waals surface area contributed by atoms with E-state index >= 15 is 0 Å². The maximum atomic E-state index is 11.9. The van der Waals surface area contributed by atoms with Gasteiger partial charge in [0.2, 0.25) is 5.78 Å². The summed E-state index contributed by atoms with van der Waals surface area (Å²) in [5.41, 5.74) is 1.59. The molecule has 0 amide bonds. The van der Waals surface area contributed by atoms with Gasteiger partial charge in [-0.3, -0.25) is 4.79 Å². The molecule has 0 spiro atoms. The number of aryl methyl sites for hydroxylation is 1. The highest BCUT2D eigenvalue weighted by atomic mass is 35.5. The second-order valence-electron chi connectivity index (χ2n) is 4.22. The Bertz CT molecular complexity index is 552. The number of fused-ring (bicyclic) bond motifs is 1. The van der Waals surface area contributed by atoms with Crippen molar-refractivity contribution in [2.75, 3.05) is 0 Å². The smallest absolute Gasteiger partial charge is 0.200 e. The van der Waals surface area contributed by atoms with Crippen molar-refractivity contribution < 1.29 is 9.21 Å². The fourth-order valence-electron chi connectivity index (χ4n) is 1.69. The van der Waals surface area contributed by atoms with Gasteiger partial charge in [0.1, 0.15) is 5.58 Å². The van der Waals surface area contributed by atoms with Crippen molar-refractivity contribution in [1.29, 1.82) is 0 Å². The summed E-state index contributed by atoms with van der Waals surface area (Å²) in [6.07, 6.45) is 0. The van der Waals surface area contributed by atoms with Crippen molar-refractivity contribution in [1.82, 2.24) is 0 Å². The van der Waals surface area contributed by atoms with E-state index in [2.05, 4.69) is 0 Å². The van der Waals surface area contributed by atoms with Crippen molar-refractivity contribution in [2.24, 2.45) is 5.92 Å². The molecule has 0 aliphatic rings. The molecule has 2 rings (SSSR count). The molecule has 0 aliphatic heterocycles. The highest BCUT2D eigenvalue weighted by Gasteiger charge is 2.19. The van der Waals surface area contributed by atoms with Crippen molar-refractivity contribution in [3.05, 3.63) is 34.5 Å². The van der Waals surface area contributed by atoms with E-state index in [-0.39, 0.29) is 11.7 Å². The van der Waals surface area contributed by atoms with Crippen molar-refractivity contribution >= 4 is 28.4 Å². The third kappa shape index (κ3) is 1.74. The first-order valence-electron chi connectivity index (χ1n) is 5.23. The average Bonchev–Trinajstić information content (AvgIpc) is 2.55. The third-order valence-corrected chi connectivity index (χ3v) is 2.88. The molecule has 0 aliphatic carbocycles. The van der Waals surface area contributed by atoms with Gasteiger partial charge in [0, 0.05) is 21.9 Å². The van der Waals surface area contributed by atoms with Crippen LogP contribution in [0.5, 0.6) is 0 Å². The molecule has 1 aromatic carbocycles. The number of benzene rings is 1. The van der Waals surface area contributed by atoms with E-state index in [0.717, 1.165) is 10.9 Å². The van der Waals surface area contributed by atoms with Crippen LogP contribution in [0.2, 0.25) is 5.02 Å². The van der Waals surface area contributed by atoms with E-state index in [4.69, 9.17) is 16.0 Å². The predicted octanol–water partition coefficient (Wildman–Crippen LogP) is 4.23. The van der Waals surface area contributed by atoms with Crippen LogP contribution in [-0.4, -0.2) is 5.78 Å². The Morgan fingerprint density at radius 3 is 2.69 bits per heavy atom. The first-order chi connectivity index (χ1) is 7.50. The van der Waals surface area contributed by atoms with Gasteiger partial charge in [0.15, 0.2) is 5.76 Å². The molecular weight excluding hydrogens is 224 g/mol. The molecule has 0 radical (unpaired) electrons. The van der Waals surface area contributed by atoms with Gasteiger partial charge in [-0.15, -0.1) is 0 Å². The van der Waals surface area contributed by atoms with Crippen molar-refractivity contribution in [2.45, 2.75) is 20.8 Å². The second-order valence-corrected chi connectivity index (χ2v) is 4.65. The molecule has 3 heteroatoms. The predicted molar refractivity (Wildman–Crippen MR) is 65.1 cm³/mol. The summed E-state index contributed by atoms with van der Waals surface area (Å²) < 4.78 is 5.57. The first-order valence-corrected chi connectivity index (χ1v) is 5.61. The van der Waals surface area contributed by atoms with Gasteiger partial charge < -0.3 is 4.42 Å². The maximum Gasteiger partial charge on any atom is 0.200 e. The Balaban J connectivity index is 2.65. The number of hydrogen-bond acceptors (Lipinski definition) is 2. The molecule has 0 fully saturated rings. The number of rotatable bonds is 2. The minimum Gasteiger partial charge on any atom is -0.453 e. The molecule has 0 saturated carbocycles. The number of Topliss-reactive ketones (excluding diaryl/α,β-unsaturated/α-hetero) is 1. The van der Waals surface area contributed by atoms with Crippen LogP contribution in [-0.2, 0) is 0 Å². The molecule has 0 saturated heterocycles. The van der Waals surface area contributed by atoms with Gasteiger partial charge >= 0.3 is 0 Å². The Kier molecular flexibility index (Phi) is 2.76. The molecular formula is C13H13ClO2. The lowest BCUT2D eigenvalue weighted by molar-refractivity contribution is 0.0912. The lowest BCUT2D eigenvalue weighted by Gasteiger charge is -2.00. The summed E-state index contributed by atoms with van der Waals surface area (Å²) in [6.45, 7) is 5.61. The van der Waals surface area contributed by atoms with Gasteiger partial charge in [-0.25, -0.2) is 0 Å². The van der Waals surface area contributed by atoms with E-state index in [1.54, 1.807) is 12.1 Å². The molecule has 2 aromatic rings. The van der Waals surface area contributed by atoms with Gasteiger partial charge in [0.25, 0.3) is 0 Å². The van der Waals surface area contributed by atoms with Gasteiger partial charge in [0.05, 0.1) is 0 Å². The number of furan rings is 1. The van der Waals surface area contributed by atoms with Crippen LogP contribution >= 0.6 is 11.6 Å². The van der Waals surface area contributed by atoms with Crippen molar-refractivity contribution in [3.8, 4) is 0 Å². The Labute approximate surface area is 99.2 Å². The molecule has 84 valence electrons. The minimum atomic E-state index is -0.0604. The van der Waals surface area contributed by atoms with Gasteiger partial charge in [-0.05, 0) is 25.1 Å². The number of carbonyl (C=O) groups is 1. The van der Waals surface area contributed by atoms with Crippen LogP contribution in [0.4, 0.5) is 0 Å². The van der Waals surface area contributed by atoms with E-state index in [1.807, 2.05) is 26.8 Å². The highest BCUT2D eigenvalue weighted by Crippen LogP contribution is 2.29. The molecule has 16 heavy (non-hydrogen) atoms. The fraction of sp³-hybridized carbons (Fsp3) is 0.308. The standard InChI is InChI=1S/C13H13ClO2/c1-7(2)12(15)13-8(3)10-6-9(14)4-5-11(10)16-13/h4-7H,1-3H3. The SMILES string of the molecule is Cc1c(C(=O)C(C)C)oc2ccc(Cl)cc12. The minimum absolute atomic E-state index is 0.0322. The second kappa shape index (κ2) is 3.95. The molecule has 1 aromatic heterocycles. The van der Waals surface area contributed by atoms with Crippen LogP contribution in [0, 0.1) is 12.8 Å². The Morgan fingerprint density at radius 1 is 1.38 bits per heavy atom. The average molecular weight is 237 g/mol. The summed E-state index contributed by atoms with van der Waals surface area (Å²) in [5.74, 6) is 0.423. The number of ketones is 1. The first kappa shape index (κ1) is 11.2. The monoisotopic (exact) mass is 236 g/mol. The van der Waals surface area contributed by atoms with E-state index in [1.165, 1.54) is 0 Å². The molecule has 0 unspecified atom stereocenters. The van der Waals surface area contributed by atoms with E-state index in [9.17, 15) is 4.79 Å². The van der Waals surface area contributed by atoms with Crippen LogP contribution in [0.3, 0.4) is 0 Å². The van der Waals surface area contributed by atoms with Gasteiger partial charge in [-0.1, -0.05) is 25.4 Å². The third-order valence-electron chi connectivity index (χ3n) is 2.65. The van der Waals surface area contributed by atoms with Crippen molar-refractivity contribution in [3.63, 3.8) is 0 Å². The number of halogens is 1. The zero-order valence-corrected chi connectivity index (χ0v) is 10.3. The van der Waals surface area contributed by atoms with Gasteiger partial charge in [-0.2, -0.15) is 0 Å². The normalized spacial score (nSPS) is 11.3. The number of hydrogen-bond donors (Lipinski definition) is 0. The number of carbonyl (C=O) groups excluding carboxylic acids is 1. The van der Waals surface area contributed by atoms with Crippen LogP contribution in [0.1, 0.15) is 30.0 Å². The molecule has 0 atom stereocenters. The van der Waals surface area contributed by atoms with Crippen LogP contribution in [0.15, 0.2) is 22.6 Å². The van der Waals surface area contributed by atoms with E-state index in [0.29, 0.717) is 16.4 Å². The maximum absolute atomic E-state index is 11.9. The Hall–Kier alpha value is -1.28. The quantitative estimate of drug-likeness (QED) is 0.731. The van der Waals surface area contributed by atoms with E-state index < -0.39 is 0 Å². The molecule has 2 nitrogen and oxygen atoms in total. The molecule has 1 heterocycles. The largest absolute Gasteiger partial charge is 0.453 e. The summed E-state index contributed by atoms with van der Waals surface area (Å²) in [7, 11) is 0. The zero-order chi connectivity index (χ0) is 11.9. The van der Waals surface area contributed by atoms with Crippen LogP contribution in [0.25, 0.3) is 11.0 Å². The summed E-state index contributed by atoms with van der Waals surface area (Å²) in [6, 6.07) is 5.38. The summed E-state index contributed by atoms with van der Waals surface area (Å²) in [4.78, 5) is 11.9. The topological polar surface area (TPSA) is 30.2 Å².